The zero-order chi connectivity index (χ0) is 23.5. The van der Waals surface area contributed by atoms with Crippen molar-refractivity contribution in [3.05, 3.63) is 87.0 Å². The molecule has 0 unspecified atom stereocenters. The molecular formula is C27H32N6O. The van der Waals surface area contributed by atoms with Gasteiger partial charge in [-0.25, -0.2) is 4.68 Å². The van der Waals surface area contributed by atoms with Gasteiger partial charge in [0.25, 0.3) is 5.56 Å². The molecule has 2 heterocycles. The topological polar surface area (TPSA) is 79.7 Å². The van der Waals surface area contributed by atoms with E-state index in [0.29, 0.717) is 25.7 Å². The van der Waals surface area contributed by atoms with Crippen LogP contribution in [0, 0.1) is 13.8 Å². The van der Waals surface area contributed by atoms with Gasteiger partial charge >= 0.3 is 0 Å². The first-order chi connectivity index (χ1) is 16.6. The second kappa shape index (κ2) is 9.89. The fourth-order valence-electron chi connectivity index (χ4n) is 5.23. The molecule has 34 heavy (non-hydrogen) atoms. The fraction of sp³-hybridized carbons (Fsp3) is 0.407. The van der Waals surface area contributed by atoms with Gasteiger partial charge in [0.15, 0.2) is 5.82 Å². The SMILES string of the molecule is Cc1cc(C)c2[nH]c(=O)c(CN(Cc3nnnn3Cc3ccccc3)C3CCCCC3)cc2c1. The first-order valence-corrected chi connectivity index (χ1v) is 12.2. The van der Waals surface area contributed by atoms with E-state index in [-0.39, 0.29) is 5.56 Å². The molecule has 1 N–H and O–H groups in total. The third-order valence-corrected chi connectivity index (χ3v) is 6.96. The summed E-state index contributed by atoms with van der Waals surface area (Å²) in [4.78, 5) is 18.6. The van der Waals surface area contributed by atoms with Crippen LogP contribution >= 0.6 is 0 Å². The number of fused-ring (bicyclic) bond motifs is 1. The number of H-pyrrole nitrogens is 1. The number of benzene rings is 2. The van der Waals surface area contributed by atoms with Crippen molar-refractivity contribution >= 4 is 10.9 Å². The van der Waals surface area contributed by atoms with E-state index >= 15 is 0 Å². The second-order valence-electron chi connectivity index (χ2n) is 9.60. The van der Waals surface area contributed by atoms with Crippen molar-refractivity contribution in [2.24, 2.45) is 0 Å². The Kier molecular flexibility index (Phi) is 6.54. The molecule has 2 aromatic heterocycles. The number of aromatic nitrogens is 5. The Morgan fingerprint density at radius 2 is 1.82 bits per heavy atom. The molecule has 5 rings (SSSR count). The van der Waals surface area contributed by atoms with E-state index in [1.165, 1.54) is 24.8 Å². The number of hydrogen-bond acceptors (Lipinski definition) is 5. The van der Waals surface area contributed by atoms with Crippen LogP contribution in [0.1, 0.15) is 60.2 Å². The monoisotopic (exact) mass is 456 g/mol. The molecule has 1 saturated carbocycles. The van der Waals surface area contributed by atoms with Crippen molar-refractivity contribution in [3.8, 4) is 0 Å². The third-order valence-electron chi connectivity index (χ3n) is 6.96. The Labute approximate surface area is 199 Å². The largest absolute Gasteiger partial charge is 0.321 e. The number of hydrogen-bond donors (Lipinski definition) is 1. The lowest BCUT2D eigenvalue weighted by molar-refractivity contribution is 0.134. The van der Waals surface area contributed by atoms with Gasteiger partial charge in [0, 0.05) is 18.2 Å². The number of pyridine rings is 1. The second-order valence-corrected chi connectivity index (χ2v) is 9.60. The minimum Gasteiger partial charge on any atom is -0.321 e. The molecule has 0 atom stereocenters. The Bertz CT molecular complexity index is 1320. The van der Waals surface area contributed by atoms with E-state index in [0.717, 1.165) is 46.3 Å². The van der Waals surface area contributed by atoms with Crippen molar-refractivity contribution < 1.29 is 0 Å². The molecule has 1 fully saturated rings. The smallest absolute Gasteiger partial charge is 0.252 e. The van der Waals surface area contributed by atoms with E-state index in [4.69, 9.17) is 0 Å². The number of nitrogens with zero attached hydrogens (tertiary/aromatic N) is 5. The summed E-state index contributed by atoms with van der Waals surface area (Å²) in [6.07, 6.45) is 6.02. The lowest BCUT2D eigenvalue weighted by atomic mass is 9.93. The van der Waals surface area contributed by atoms with E-state index in [2.05, 4.69) is 62.7 Å². The van der Waals surface area contributed by atoms with Gasteiger partial charge < -0.3 is 4.98 Å². The highest BCUT2D eigenvalue weighted by atomic mass is 16.1. The number of aromatic amines is 1. The van der Waals surface area contributed by atoms with Gasteiger partial charge in [0.1, 0.15) is 0 Å². The molecule has 0 amide bonds. The lowest BCUT2D eigenvalue weighted by Gasteiger charge is -2.33. The zero-order valence-corrected chi connectivity index (χ0v) is 20.0. The van der Waals surface area contributed by atoms with Crippen molar-refractivity contribution in [1.29, 1.82) is 0 Å². The van der Waals surface area contributed by atoms with Gasteiger partial charge in [0.2, 0.25) is 0 Å². The molecule has 1 aliphatic rings. The van der Waals surface area contributed by atoms with Gasteiger partial charge in [-0.15, -0.1) is 5.10 Å². The molecule has 7 heteroatoms. The van der Waals surface area contributed by atoms with Crippen LogP contribution < -0.4 is 5.56 Å². The number of tetrazole rings is 1. The summed E-state index contributed by atoms with van der Waals surface area (Å²) in [6.45, 7) is 5.98. The molecule has 7 nitrogen and oxygen atoms in total. The predicted molar refractivity (Wildman–Crippen MR) is 134 cm³/mol. The van der Waals surface area contributed by atoms with E-state index < -0.39 is 0 Å². The Morgan fingerprint density at radius 3 is 2.62 bits per heavy atom. The molecular weight excluding hydrogens is 424 g/mol. The molecule has 0 saturated heterocycles. The first-order valence-electron chi connectivity index (χ1n) is 12.2. The summed E-state index contributed by atoms with van der Waals surface area (Å²) in [5, 5.41) is 13.7. The van der Waals surface area contributed by atoms with Crippen LogP contribution in [-0.4, -0.2) is 36.1 Å². The van der Waals surface area contributed by atoms with Gasteiger partial charge in [-0.2, -0.15) is 0 Å². The van der Waals surface area contributed by atoms with Gasteiger partial charge in [0.05, 0.1) is 18.6 Å². The maximum Gasteiger partial charge on any atom is 0.252 e. The predicted octanol–water partition coefficient (Wildman–Crippen LogP) is 4.51. The Morgan fingerprint density at radius 1 is 1.03 bits per heavy atom. The van der Waals surface area contributed by atoms with Crippen LogP contribution in [0.2, 0.25) is 0 Å². The van der Waals surface area contributed by atoms with Crippen molar-refractivity contribution in [3.63, 3.8) is 0 Å². The zero-order valence-electron chi connectivity index (χ0n) is 20.0. The first kappa shape index (κ1) is 22.5. The molecule has 0 aliphatic heterocycles. The highest BCUT2D eigenvalue weighted by Gasteiger charge is 2.24. The van der Waals surface area contributed by atoms with Crippen LogP contribution in [0.5, 0.6) is 0 Å². The van der Waals surface area contributed by atoms with Crippen LogP contribution in [0.15, 0.2) is 53.3 Å². The molecule has 2 aromatic carbocycles. The number of rotatable bonds is 7. The summed E-state index contributed by atoms with van der Waals surface area (Å²) in [7, 11) is 0. The van der Waals surface area contributed by atoms with Crippen LogP contribution in [-0.2, 0) is 19.6 Å². The maximum atomic E-state index is 13.1. The molecule has 1 aliphatic carbocycles. The van der Waals surface area contributed by atoms with E-state index in [9.17, 15) is 4.79 Å². The summed E-state index contributed by atoms with van der Waals surface area (Å²) >= 11 is 0. The highest BCUT2D eigenvalue weighted by Crippen LogP contribution is 2.26. The van der Waals surface area contributed by atoms with E-state index in [1.54, 1.807) is 0 Å². The van der Waals surface area contributed by atoms with Crippen LogP contribution in [0.3, 0.4) is 0 Å². The third kappa shape index (κ3) is 4.94. The average Bonchev–Trinajstić information content (AvgIpc) is 3.27. The minimum absolute atomic E-state index is 0.0101. The minimum atomic E-state index is -0.0101. The van der Waals surface area contributed by atoms with Crippen molar-refractivity contribution in [1.82, 2.24) is 30.1 Å². The summed E-state index contributed by atoms with van der Waals surface area (Å²) in [5.74, 6) is 0.832. The fourth-order valence-corrected chi connectivity index (χ4v) is 5.23. The standard InChI is InChI=1S/C27H32N6O/c1-19-13-20(2)26-22(14-19)15-23(27(34)28-26)17-32(24-11-7-4-8-12-24)18-25-29-30-31-33(25)16-21-9-5-3-6-10-21/h3,5-6,9-10,13-15,24H,4,7-8,11-12,16-18H2,1-2H3,(H,28,34). The molecule has 176 valence electrons. The summed E-state index contributed by atoms with van der Waals surface area (Å²) < 4.78 is 1.88. The molecule has 4 aromatic rings. The van der Waals surface area contributed by atoms with E-state index in [1.807, 2.05) is 29.8 Å². The number of nitrogens with one attached hydrogen (secondary N) is 1. The normalized spacial score (nSPS) is 14.8. The van der Waals surface area contributed by atoms with Crippen molar-refractivity contribution in [2.75, 3.05) is 0 Å². The Hall–Kier alpha value is -3.32. The summed E-state index contributed by atoms with van der Waals surface area (Å²) in [6, 6.07) is 17.0. The average molecular weight is 457 g/mol. The van der Waals surface area contributed by atoms with Crippen LogP contribution in [0.4, 0.5) is 0 Å². The van der Waals surface area contributed by atoms with Crippen LogP contribution in [0.25, 0.3) is 10.9 Å². The molecule has 0 radical (unpaired) electrons. The molecule has 0 spiro atoms. The molecule has 0 bridgehead atoms. The summed E-state index contributed by atoms with van der Waals surface area (Å²) in [5.41, 5.74) is 5.18. The maximum absolute atomic E-state index is 13.1. The lowest BCUT2D eigenvalue weighted by Crippen LogP contribution is -2.38. The van der Waals surface area contributed by atoms with Gasteiger partial charge in [-0.3, -0.25) is 9.69 Å². The number of aryl methyl sites for hydroxylation is 2. The van der Waals surface area contributed by atoms with Gasteiger partial charge in [-0.05, 0) is 65.8 Å². The highest BCUT2D eigenvalue weighted by molar-refractivity contribution is 5.82. The quantitative estimate of drug-likeness (QED) is 0.442. The van der Waals surface area contributed by atoms with Gasteiger partial charge in [-0.1, -0.05) is 61.2 Å². The Balaban J connectivity index is 1.44. The van der Waals surface area contributed by atoms with Crippen molar-refractivity contribution in [2.45, 2.75) is 71.6 Å².